The zero-order valence-corrected chi connectivity index (χ0v) is 12.8. The van der Waals surface area contributed by atoms with E-state index in [1.54, 1.807) is 0 Å². The maximum absolute atomic E-state index is 10.1. The molecule has 1 N–H and O–H groups in total. The van der Waals surface area contributed by atoms with E-state index in [0.29, 0.717) is 6.61 Å². The van der Waals surface area contributed by atoms with Crippen molar-refractivity contribution in [2.24, 2.45) is 0 Å². The number of carboxylic acid groups (broad SMARTS) is 1. The molecular weight excluding hydrogens is 215 g/mol. The maximum Gasteiger partial charge on any atom is 1.00 e. The Morgan fingerprint density at radius 3 is 2.06 bits per heavy atom. The normalized spacial score (nSPS) is 9.81. The first kappa shape index (κ1) is 18.8. The van der Waals surface area contributed by atoms with Crippen molar-refractivity contribution in [3.05, 3.63) is 0 Å². The molecule has 0 aliphatic rings. The number of ether oxygens (including phenoxy) is 1. The molecule has 0 saturated carbocycles. The minimum Gasteiger partial charge on any atom is -1.00 e. The van der Waals surface area contributed by atoms with Crippen molar-refractivity contribution in [1.29, 1.82) is 0 Å². The van der Waals surface area contributed by atoms with Gasteiger partial charge in [-0.05, 0) is 6.42 Å². The van der Waals surface area contributed by atoms with Gasteiger partial charge >= 0.3 is 35.5 Å². The van der Waals surface area contributed by atoms with Gasteiger partial charge in [-0.3, -0.25) is 0 Å². The first-order valence-corrected chi connectivity index (χ1v) is 6.07. The van der Waals surface area contributed by atoms with Crippen molar-refractivity contribution in [2.45, 2.75) is 58.3 Å². The first-order chi connectivity index (χ1) is 7.27. The summed E-state index contributed by atoms with van der Waals surface area (Å²) in [6.45, 7) is 2.65. The van der Waals surface area contributed by atoms with Crippen LogP contribution in [0.3, 0.4) is 0 Å². The first-order valence-electron chi connectivity index (χ1n) is 6.07. The standard InChI is InChI=1S/C12H24O3.Na.H/c1-2-3-4-5-6-7-8-9-10-15-11-12(13)14;;/h2-11H2,1H3,(H,13,14);;/q;+1;-1. The average molecular weight is 240 g/mol. The molecule has 0 amide bonds. The molecule has 0 aromatic rings. The number of aliphatic carboxylic acids is 1. The molecule has 3 nitrogen and oxygen atoms in total. The Kier molecular flexibility index (Phi) is 18.1. The second-order valence-corrected chi connectivity index (χ2v) is 3.92. The molecular formula is C12H25NaO3. The Hall–Kier alpha value is 0.430. The fourth-order valence-corrected chi connectivity index (χ4v) is 1.50. The Morgan fingerprint density at radius 2 is 1.56 bits per heavy atom. The summed E-state index contributed by atoms with van der Waals surface area (Å²) in [7, 11) is 0. The van der Waals surface area contributed by atoms with Crippen LogP contribution in [0.4, 0.5) is 0 Å². The summed E-state index contributed by atoms with van der Waals surface area (Å²) in [5.41, 5.74) is 0. The van der Waals surface area contributed by atoms with E-state index in [4.69, 9.17) is 9.84 Å². The van der Waals surface area contributed by atoms with Gasteiger partial charge in [-0.2, -0.15) is 0 Å². The molecule has 0 aliphatic heterocycles. The summed E-state index contributed by atoms with van der Waals surface area (Å²) in [5.74, 6) is -0.880. The van der Waals surface area contributed by atoms with Gasteiger partial charge in [0, 0.05) is 6.61 Å². The minimum atomic E-state index is -0.880. The van der Waals surface area contributed by atoms with Gasteiger partial charge in [0.2, 0.25) is 0 Å². The third kappa shape index (κ3) is 16.8. The molecule has 0 atom stereocenters. The molecule has 0 aliphatic carbocycles. The van der Waals surface area contributed by atoms with Crippen molar-refractivity contribution in [3.63, 3.8) is 0 Å². The van der Waals surface area contributed by atoms with Crippen molar-refractivity contribution < 1.29 is 45.6 Å². The fraction of sp³-hybridized carbons (Fsp3) is 0.917. The molecule has 4 heteroatoms. The summed E-state index contributed by atoms with van der Waals surface area (Å²) < 4.78 is 4.94. The number of hydrogen-bond acceptors (Lipinski definition) is 2. The molecule has 0 spiro atoms. The third-order valence-corrected chi connectivity index (χ3v) is 2.37. The van der Waals surface area contributed by atoms with Gasteiger partial charge in [0.05, 0.1) is 0 Å². The van der Waals surface area contributed by atoms with E-state index in [-0.39, 0.29) is 37.6 Å². The summed E-state index contributed by atoms with van der Waals surface area (Å²) in [4.78, 5) is 10.1. The summed E-state index contributed by atoms with van der Waals surface area (Å²) >= 11 is 0. The molecule has 0 unspecified atom stereocenters. The van der Waals surface area contributed by atoms with Crippen LogP contribution in [0.2, 0.25) is 0 Å². The van der Waals surface area contributed by atoms with Gasteiger partial charge in [-0.15, -0.1) is 0 Å². The predicted molar refractivity (Wildman–Crippen MR) is 62.2 cm³/mol. The molecule has 0 radical (unpaired) electrons. The van der Waals surface area contributed by atoms with Crippen LogP contribution in [0.15, 0.2) is 0 Å². The molecule has 0 aromatic heterocycles. The predicted octanol–water partition coefficient (Wildman–Crippen LogP) is 0.345. The molecule has 92 valence electrons. The van der Waals surface area contributed by atoms with Gasteiger partial charge < -0.3 is 11.3 Å². The number of carbonyl (C=O) groups is 1. The van der Waals surface area contributed by atoms with Crippen LogP contribution >= 0.6 is 0 Å². The Balaban J connectivity index is -0.000000980. The van der Waals surface area contributed by atoms with Crippen LogP contribution in [0.1, 0.15) is 59.7 Å². The van der Waals surface area contributed by atoms with Crippen LogP contribution in [0.5, 0.6) is 0 Å². The molecule has 0 heterocycles. The van der Waals surface area contributed by atoms with Crippen LogP contribution in [0, 0.1) is 0 Å². The number of rotatable bonds is 11. The smallest absolute Gasteiger partial charge is 1.00 e. The molecule has 0 rings (SSSR count). The molecule has 0 saturated heterocycles. The molecule has 0 fully saturated rings. The van der Waals surface area contributed by atoms with E-state index in [0.717, 1.165) is 12.8 Å². The largest absolute Gasteiger partial charge is 1.00 e. The van der Waals surface area contributed by atoms with Gasteiger partial charge in [-0.25, -0.2) is 4.79 Å². The summed E-state index contributed by atoms with van der Waals surface area (Å²) in [5, 5.41) is 8.31. The zero-order valence-electron chi connectivity index (χ0n) is 11.8. The van der Waals surface area contributed by atoms with E-state index in [1.807, 2.05) is 0 Å². The fourth-order valence-electron chi connectivity index (χ4n) is 1.50. The summed E-state index contributed by atoms with van der Waals surface area (Å²) in [6, 6.07) is 0. The Bertz CT molecular complexity index is 157. The van der Waals surface area contributed by atoms with Crippen LogP contribution < -0.4 is 29.6 Å². The number of carboxylic acids is 1. The monoisotopic (exact) mass is 240 g/mol. The zero-order chi connectivity index (χ0) is 11.4. The SMILES string of the molecule is CCCCCCCCCCOCC(=O)O.[H-].[Na+]. The number of hydrogen-bond donors (Lipinski definition) is 1. The second kappa shape index (κ2) is 15.4. The molecule has 0 aromatic carbocycles. The van der Waals surface area contributed by atoms with Gasteiger partial charge in [0.25, 0.3) is 0 Å². The minimum absolute atomic E-state index is 0. The van der Waals surface area contributed by atoms with E-state index in [9.17, 15) is 4.79 Å². The van der Waals surface area contributed by atoms with E-state index in [2.05, 4.69) is 6.92 Å². The van der Waals surface area contributed by atoms with Crippen molar-refractivity contribution >= 4 is 5.97 Å². The van der Waals surface area contributed by atoms with Crippen LogP contribution in [-0.2, 0) is 9.53 Å². The third-order valence-electron chi connectivity index (χ3n) is 2.37. The Labute approximate surface area is 123 Å². The maximum atomic E-state index is 10.1. The van der Waals surface area contributed by atoms with Crippen molar-refractivity contribution in [1.82, 2.24) is 0 Å². The van der Waals surface area contributed by atoms with Crippen molar-refractivity contribution in [2.75, 3.05) is 13.2 Å². The van der Waals surface area contributed by atoms with Crippen LogP contribution in [0.25, 0.3) is 0 Å². The van der Waals surface area contributed by atoms with Crippen LogP contribution in [-0.4, -0.2) is 24.3 Å². The molecule has 16 heavy (non-hydrogen) atoms. The number of unbranched alkanes of at least 4 members (excludes halogenated alkanes) is 7. The van der Waals surface area contributed by atoms with E-state index in [1.165, 1.54) is 38.5 Å². The van der Waals surface area contributed by atoms with E-state index >= 15 is 0 Å². The molecule has 0 bridgehead atoms. The topological polar surface area (TPSA) is 46.5 Å². The van der Waals surface area contributed by atoms with Gasteiger partial charge in [-0.1, -0.05) is 51.9 Å². The Morgan fingerprint density at radius 1 is 1.06 bits per heavy atom. The second-order valence-electron chi connectivity index (χ2n) is 3.92. The van der Waals surface area contributed by atoms with Crippen molar-refractivity contribution in [3.8, 4) is 0 Å². The van der Waals surface area contributed by atoms with Gasteiger partial charge in [0.1, 0.15) is 6.61 Å². The summed E-state index contributed by atoms with van der Waals surface area (Å²) in [6.07, 6.45) is 10.0. The average Bonchev–Trinajstić information content (AvgIpc) is 2.20. The van der Waals surface area contributed by atoms with E-state index < -0.39 is 5.97 Å². The quantitative estimate of drug-likeness (QED) is 0.418. The van der Waals surface area contributed by atoms with Gasteiger partial charge in [0.15, 0.2) is 0 Å².